The number of carbonyl (C=O) groups is 1. The maximum Gasteiger partial charge on any atom is 0.387 e. The van der Waals surface area contributed by atoms with Crippen LogP contribution >= 0.6 is 15.9 Å². The number of amides is 1. The van der Waals surface area contributed by atoms with Crippen molar-refractivity contribution in [2.75, 3.05) is 6.54 Å². The van der Waals surface area contributed by atoms with Gasteiger partial charge in [0.2, 0.25) is 0 Å². The molecule has 28 heavy (non-hydrogen) atoms. The summed E-state index contributed by atoms with van der Waals surface area (Å²) in [5.41, 5.74) is -1.34. The molecule has 4 nitrogen and oxygen atoms in total. The number of aliphatic hydroxyl groups excluding tert-OH is 1. The van der Waals surface area contributed by atoms with E-state index in [4.69, 9.17) is 0 Å². The first kappa shape index (κ1) is 22.0. The van der Waals surface area contributed by atoms with E-state index in [2.05, 4.69) is 20.7 Å². The molecule has 0 radical (unpaired) electrons. The van der Waals surface area contributed by atoms with Gasteiger partial charge in [-0.25, -0.2) is 17.6 Å². The van der Waals surface area contributed by atoms with Crippen LogP contribution in [-0.2, 0) is 0 Å². The molecular formula is C17H12BrF6NO3. The zero-order chi connectivity index (χ0) is 21.1. The molecular weight excluding hydrogens is 460 g/mol. The molecule has 152 valence electrons. The van der Waals surface area contributed by atoms with Crippen LogP contribution in [-0.4, -0.2) is 30.1 Å². The predicted octanol–water partition coefficient (Wildman–Crippen LogP) is 4.43. The Morgan fingerprint density at radius 1 is 1.14 bits per heavy atom. The van der Waals surface area contributed by atoms with E-state index in [0.717, 1.165) is 36.4 Å². The maximum absolute atomic E-state index is 14.2. The van der Waals surface area contributed by atoms with Crippen LogP contribution in [0.3, 0.4) is 0 Å². The van der Waals surface area contributed by atoms with E-state index in [9.17, 15) is 36.2 Å². The summed E-state index contributed by atoms with van der Waals surface area (Å²) in [7, 11) is 0. The molecule has 0 aliphatic carbocycles. The van der Waals surface area contributed by atoms with E-state index in [1.807, 2.05) is 0 Å². The van der Waals surface area contributed by atoms with Gasteiger partial charge in [-0.1, -0.05) is 12.1 Å². The van der Waals surface area contributed by atoms with E-state index in [-0.39, 0.29) is 10.0 Å². The van der Waals surface area contributed by atoms with Crippen molar-refractivity contribution in [1.29, 1.82) is 0 Å². The van der Waals surface area contributed by atoms with Gasteiger partial charge in [-0.3, -0.25) is 4.79 Å². The molecule has 0 saturated carbocycles. The number of hydrogen-bond acceptors (Lipinski definition) is 3. The topological polar surface area (TPSA) is 58.6 Å². The Labute approximate surface area is 163 Å². The molecule has 0 spiro atoms. The number of ether oxygens (including phenoxy) is 1. The highest BCUT2D eigenvalue weighted by Gasteiger charge is 2.40. The van der Waals surface area contributed by atoms with Crippen LogP contribution in [0, 0.1) is 11.6 Å². The molecule has 1 amide bonds. The van der Waals surface area contributed by atoms with E-state index >= 15 is 0 Å². The minimum atomic E-state index is -3.93. The van der Waals surface area contributed by atoms with Crippen LogP contribution in [0.2, 0.25) is 0 Å². The van der Waals surface area contributed by atoms with Gasteiger partial charge in [-0.05, 0) is 45.8 Å². The first-order valence-electron chi connectivity index (χ1n) is 7.55. The summed E-state index contributed by atoms with van der Waals surface area (Å²) in [5, 5.41) is 11.4. The van der Waals surface area contributed by atoms with Crippen molar-refractivity contribution in [1.82, 2.24) is 5.32 Å². The molecule has 0 aromatic heterocycles. The zero-order valence-corrected chi connectivity index (χ0v) is 15.3. The van der Waals surface area contributed by atoms with E-state index < -0.39 is 54.0 Å². The molecule has 2 rings (SSSR count). The molecule has 2 aromatic carbocycles. The van der Waals surface area contributed by atoms with Crippen LogP contribution < -0.4 is 10.1 Å². The lowest BCUT2D eigenvalue weighted by molar-refractivity contribution is -0.106. The third kappa shape index (κ3) is 5.16. The van der Waals surface area contributed by atoms with E-state index in [1.54, 1.807) is 5.32 Å². The van der Waals surface area contributed by atoms with Gasteiger partial charge in [0.1, 0.15) is 23.2 Å². The second-order valence-electron chi connectivity index (χ2n) is 5.51. The van der Waals surface area contributed by atoms with Gasteiger partial charge in [0.25, 0.3) is 11.8 Å². The summed E-state index contributed by atoms with van der Waals surface area (Å²) in [5.74, 6) is -8.24. The van der Waals surface area contributed by atoms with Crippen LogP contribution in [0.1, 0.15) is 22.0 Å². The highest BCUT2D eigenvalue weighted by molar-refractivity contribution is 9.10. The monoisotopic (exact) mass is 471 g/mol. The van der Waals surface area contributed by atoms with Crippen LogP contribution in [0.15, 0.2) is 40.9 Å². The van der Waals surface area contributed by atoms with Gasteiger partial charge in [0.05, 0.1) is 11.0 Å². The smallest absolute Gasteiger partial charge is 0.387 e. The van der Waals surface area contributed by atoms with Crippen molar-refractivity contribution >= 4 is 21.8 Å². The normalized spacial score (nSPS) is 12.8. The lowest BCUT2D eigenvalue weighted by Gasteiger charge is -2.23. The number of alkyl halides is 4. The highest BCUT2D eigenvalue weighted by atomic mass is 79.9. The number of hydrogen-bond donors (Lipinski definition) is 2. The van der Waals surface area contributed by atoms with Gasteiger partial charge in [-0.2, -0.15) is 8.78 Å². The van der Waals surface area contributed by atoms with Gasteiger partial charge < -0.3 is 15.2 Å². The Bertz CT molecular complexity index is 848. The number of rotatable bonds is 7. The lowest BCUT2D eigenvalue weighted by Crippen LogP contribution is -2.41. The fourth-order valence-corrected chi connectivity index (χ4v) is 2.54. The Kier molecular flexibility index (Phi) is 6.94. The standard InChI is InChI=1S/C17H12BrF6NO3/c18-10-5-6-11(28-16(21)22)12(13(10)20)15(27)25-7-17(23,24)14(26)8-1-3-9(19)4-2-8/h1-6,14,16,26H,7H2,(H,25,27)/t14-/m0/s1. The molecule has 2 aromatic rings. The van der Waals surface area contributed by atoms with Crippen LogP contribution in [0.25, 0.3) is 0 Å². The Morgan fingerprint density at radius 2 is 1.75 bits per heavy atom. The Balaban J connectivity index is 2.18. The Morgan fingerprint density at radius 3 is 2.32 bits per heavy atom. The number of halogens is 7. The van der Waals surface area contributed by atoms with E-state index in [0.29, 0.717) is 0 Å². The summed E-state index contributed by atoms with van der Waals surface area (Å²) in [6, 6.07) is 5.43. The molecule has 1 atom stereocenters. The summed E-state index contributed by atoms with van der Waals surface area (Å²) >= 11 is 2.75. The lowest BCUT2D eigenvalue weighted by atomic mass is 10.0. The van der Waals surface area contributed by atoms with Gasteiger partial charge in [0, 0.05) is 0 Å². The van der Waals surface area contributed by atoms with Crippen molar-refractivity contribution in [3.63, 3.8) is 0 Å². The number of aliphatic hydroxyl groups is 1. The van der Waals surface area contributed by atoms with Crippen molar-refractivity contribution in [3.8, 4) is 5.75 Å². The first-order valence-corrected chi connectivity index (χ1v) is 8.34. The number of benzene rings is 2. The van der Waals surface area contributed by atoms with Gasteiger partial charge >= 0.3 is 6.61 Å². The summed E-state index contributed by atoms with van der Waals surface area (Å²) in [6.07, 6.45) is -2.41. The molecule has 0 unspecified atom stereocenters. The van der Waals surface area contributed by atoms with Crippen molar-refractivity contribution in [2.24, 2.45) is 0 Å². The average Bonchev–Trinajstić information content (AvgIpc) is 2.63. The average molecular weight is 472 g/mol. The molecule has 0 aliphatic heterocycles. The maximum atomic E-state index is 14.2. The molecule has 11 heteroatoms. The second-order valence-corrected chi connectivity index (χ2v) is 6.37. The Hall–Kier alpha value is -2.27. The van der Waals surface area contributed by atoms with Crippen molar-refractivity contribution in [3.05, 3.63) is 63.6 Å². The van der Waals surface area contributed by atoms with E-state index in [1.165, 1.54) is 0 Å². The fourth-order valence-electron chi connectivity index (χ4n) is 2.21. The predicted molar refractivity (Wildman–Crippen MR) is 89.4 cm³/mol. The van der Waals surface area contributed by atoms with Crippen molar-refractivity contribution in [2.45, 2.75) is 18.6 Å². The third-order valence-corrected chi connectivity index (χ3v) is 4.18. The summed E-state index contributed by atoms with van der Waals surface area (Å²) in [4.78, 5) is 12.1. The zero-order valence-electron chi connectivity index (χ0n) is 13.7. The van der Waals surface area contributed by atoms with Gasteiger partial charge in [-0.15, -0.1) is 0 Å². The molecule has 0 saturated heterocycles. The third-order valence-electron chi connectivity index (χ3n) is 3.57. The minimum absolute atomic E-state index is 0.280. The SMILES string of the molecule is O=C(NCC(F)(F)[C@@H](O)c1ccc(F)cc1)c1c(OC(F)F)ccc(Br)c1F. The number of carbonyl (C=O) groups excluding carboxylic acids is 1. The molecule has 0 heterocycles. The molecule has 0 aliphatic rings. The minimum Gasteiger partial charge on any atom is -0.434 e. The molecule has 0 bridgehead atoms. The largest absolute Gasteiger partial charge is 0.434 e. The second kappa shape index (κ2) is 8.82. The summed E-state index contributed by atoms with van der Waals surface area (Å²) in [6.45, 7) is -4.83. The summed E-state index contributed by atoms with van der Waals surface area (Å²) < 4.78 is 83.9. The van der Waals surface area contributed by atoms with Gasteiger partial charge in [0.15, 0.2) is 5.82 Å². The van der Waals surface area contributed by atoms with Crippen LogP contribution in [0.4, 0.5) is 26.3 Å². The molecule has 0 fully saturated rings. The highest BCUT2D eigenvalue weighted by Crippen LogP contribution is 2.32. The fraction of sp³-hybridized carbons (Fsp3) is 0.235. The first-order chi connectivity index (χ1) is 13.0. The quantitative estimate of drug-likeness (QED) is 0.587. The van der Waals surface area contributed by atoms with Crippen LogP contribution in [0.5, 0.6) is 5.75 Å². The number of nitrogens with one attached hydrogen (secondary N) is 1. The molecule has 2 N–H and O–H groups in total. The van der Waals surface area contributed by atoms with Crippen molar-refractivity contribution < 1.29 is 41.0 Å².